The molecule has 2 aliphatic heterocycles. The number of halogens is 1. The van der Waals surface area contributed by atoms with Crippen molar-refractivity contribution in [2.45, 2.75) is 44.4 Å². The topological polar surface area (TPSA) is 181 Å². The normalized spacial score (nSPS) is 15.8. The van der Waals surface area contributed by atoms with Crippen LogP contribution in [-0.4, -0.2) is 56.6 Å². The first-order valence-electron chi connectivity index (χ1n) is 16.6. The van der Waals surface area contributed by atoms with E-state index in [9.17, 15) is 9.59 Å². The van der Waals surface area contributed by atoms with E-state index in [0.717, 1.165) is 42.4 Å². The lowest BCUT2D eigenvalue weighted by Crippen LogP contribution is -2.16. The Morgan fingerprint density at radius 3 is 1.62 bits per heavy atom. The van der Waals surface area contributed by atoms with Crippen LogP contribution in [-0.2, 0) is 33.7 Å². The summed E-state index contributed by atoms with van der Waals surface area (Å²) in [6.45, 7) is 1.28. The molecule has 0 saturated carbocycles. The molecular weight excluding hydrogens is 688 g/mol. The number of amidine groups is 2. The minimum atomic E-state index is -0.546. The summed E-state index contributed by atoms with van der Waals surface area (Å²) in [7, 11) is 1.58. The summed E-state index contributed by atoms with van der Waals surface area (Å²) in [4.78, 5) is 32.2. The molecule has 0 spiro atoms. The number of carbonyl (C=O) groups is 2. The Bertz CT molecular complexity index is 1820. The molecule has 0 unspecified atom stereocenters. The van der Waals surface area contributed by atoms with E-state index in [1.54, 1.807) is 43.5 Å². The first kappa shape index (κ1) is 37.3. The van der Waals surface area contributed by atoms with Crippen LogP contribution in [0.1, 0.15) is 29.5 Å². The Morgan fingerprint density at radius 2 is 1.15 bits per heavy atom. The van der Waals surface area contributed by atoms with Crippen molar-refractivity contribution in [2.75, 3.05) is 31.0 Å². The number of aryl methyl sites for hydroxylation is 2. The van der Waals surface area contributed by atoms with Gasteiger partial charge in [-0.1, -0.05) is 48.0 Å². The fraction of sp³-hybridized carbons (Fsp3) is 0.263. The predicted octanol–water partition coefficient (Wildman–Crippen LogP) is 6.69. The largest absolute Gasteiger partial charge is 0.497 e. The van der Waals surface area contributed by atoms with Gasteiger partial charge in [0.2, 0.25) is 0 Å². The Balaban J connectivity index is 0.000000201. The zero-order valence-corrected chi connectivity index (χ0v) is 29.4. The second-order valence-electron chi connectivity index (χ2n) is 11.9. The molecule has 2 amide bonds. The lowest BCUT2D eigenvalue weighted by atomic mass is 10.1. The van der Waals surface area contributed by atoms with Crippen LogP contribution in [0.3, 0.4) is 0 Å². The highest BCUT2D eigenvalue weighted by molar-refractivity contribution is 6.30. The average Bonchev–Trinajstić information content (AvgIpc) is 3.78. The number of rotatable bonds is 12. The van der Waals surface area contributed by atoms with Gasteiger partial charge in [-0.3, -0.25) is 10.6 Å². The number of amides is 2. The number of hydrogen-bond donors (Lipinski definition) is 4. The average molecular weight is 729 g/mol. The third-order valence-electron chi connectivity index (χ3n) is 7.95. The summed E-state index contributed by atoms with van der Waals surface area (Å²) in [5.41, 5.74) is 15.5. The minimum absolute atomic E-state index is 0.118. The Labute approximate surface area is 306 Å². The van der Waals surface area contributed by atoms with Crippen LogP contribution in [0.5, 0.6) is 11.5 Å². The number of anilines is 2. The van der Waals surface area contributed by atoms with Gasteiger partial charge in [0.05, 0.1) is 19.2 Å². The monoisotopic (exact) mass is 728 g/mol. The standard InChI is InChI=1S/C19H20ClN3O3.C19H21N3O4/c20-15-6-1-14(2-7-15)11-26-19(24)23-16-8-3-13(4-9-16)5-10-17-12-25-18(21)22-17;1-24-16-8-10-17(11-9-16)26-19(23)22-14-5-2-13(3-6-14)4-7-15-12-25-18(20)21-15/h1-4,6-9,17H,5,10-12H2,(H2,21,22)(H,23,24);2-3,5-6,8-11,15H,4,7,12H2,1H3,(H2,20,21)(H,22,23)/t17-;15-/m00/s1. The summed E-state index contributed by atoms with van der Waals surface area (Å²) >= 11 is 5.82. The molecule has 0 fully saturated rings. The molecule has 2 atom stereocenters. The SMILES string of the molecule is COc1ccc(OC(=O)Nc2ccc(CC[C@H]3COC(N)=N3)cc2)cc1.NC1=N[C@@H](CCc2ccc(NC(=O)OCc3ccc(Cl)cc3)cc2)CO1. The van der Waals surface area contributed by atoms with Crippen LogP contribution in [0, 0.1) is 0 Å². The molecule has 2 heterocycles. The van der Waals surface area contributed by atoms with Crippen molar-refractivity contribution in [3.05, 3.63) is 119 Å². The number of nitrogens with two attached hydrogens (primary N) is 2. The number of nitrogens with zero attached hydrogens (tertiary/aromatic N) is 2. The summed E-state index contributed by atoms with van der Waals surface area (Å²) in [6.07, 6.45) is 2.42. The van der Waals surface area contributed by atoms with Crippen molar-refractivity contribution in [3.63, 3.8) is 0 Å². The third kappa shape index (κ3) is 12.4. The van der Waals surface area contributed by atoms with Crippen molar-refractivity contribution in [1.29, 1.82) is 0 Å². The maximum atomic E-state index is 11.9. The van der Waals surface area contributed by atoms with E-state index < -0.39 is 12.2 Å². The van der Waals surface area contributed by atoms with Crippen molar-refractivity contribution in [1.82, 2.24) is 0 Å². The highest BCUT2D eigenvalue weighted by atomic mass is 35.5. The molecule has 6 rings (SSSR count). The number of ether oxygens (including phenoxy) is 5. The molecule has 4 aromatic rings. The third-order valence-corrected chi connectivity index (χ3v) is 8.21. The number of benzene rings is 4. The van der Waals surface area contributed by atoms with E-state index in [4.69, 9.17) is 46.8 Å². The fourth-order valence-corrected chi connectivity index (χ4v) is 5.25. The van der Waals surface area contributed by atoms with Crippen LogP contribution in [0.25, 0.3) is 0 Å². The molecule has 4 aromatic carbocycles. The van der Waals surface area contributed by atoms with Crippen molar-refractivity contribution < 1.29 is 33.3 Å². The van der Waals surface area contributed by atoms with Gasteiger partial charge in [0.25, 0.3) is 12.0 Å². The Morgan fingerprint density at radius 1 is 0.692 bits per heavy atom. The first-order chi connectivity index (χ1) is 25.2. The molecule has 0 aromatic heterocycles. The van der Waals surface area contributed by atoms with Crippen molar-refractivity contribution in [2.24, 2.45) is 21.5 Å². The molecule has 13 nitrogen and oxygen atoms in total. The minimum Gasteiger partial charge on any atom is -0.497 e. The van der Waals surface area contributed by atoms with E-state index in [0.29, 0.717) is 41.1 Å². The maximum absolute atomic E-state index is 11.9. The molecule has 52 heavy (non-hydrogen) atoms. The zero-order valence-electron chi connectivity index (χ0n) is 28.6. The summed E-state index contributed by atoms with van der Waals surface area (Å²) in [6, 6.07) is 30.0. The number of carbonyl (C=O) groups excluding carboxylic acids is 2. The smallest absolute Gasteiger partial charge is 0.417 e. The van der Waals surface area contributed by atoms with E-state index in [1.807, 2.05) is 60.7 Å². The predicted molar refractivity (Wildman–Crippen MR) is 200 cm³/mol. The van der Waals surface area contributed by atoms with Gasteiger partial charge in [0, 0.05) is 16.4 Å². The van der Waals surface area contributed by atoms with E-state index in [1.165, 1.54) is 0 Å². The van der Waals surface area contributed by atoms with E-state index in [2.05, 4.69) is 20.6 Å². The van der Waals surface area contributed by atoms with Gasteiger partial charge in [0.1, 0.15) is 31.3 Å². The van der Waals surface area contributed by atoms with Crippen LogP contribution in [0.15, 0.2) is 107 Å². The van der Waals surface area contributed by atoms with Crippen LogP contribution < -0.4 is 31.6 Å². The highest BCUT2D eigenvalue weighted by Gasteiger charge is 2.17. The lowest BCUT2D eigenvalue weighted by Gasteiger charge is -2.09. The number of hydrogen-bond acceptors (Lipinski definition) is 11. The van der Waals surface area contributed by atoms with Gasteiger partial charge in [0.15, 0.2) is 0 Å². The lowest BCUT2D eigenvalue weighted by molar-refractivity contribution is 0.155. The Kier molecular flexibility index (Phi) is 13.5. The van der Waals surface area contributed by atoms with E-state index in [-0.39, 0.29) is 30.7 Å². The number of methoxy groups -OCH3 is 1. The molecular formula is C38H41ClN6O7. The van der Waals surface area contributed by atoms with Crippen molar-refractivity contribution in [3.8, 4) is 11.5 Å². The second kappa shape index (κ2) is 18.9. The van der Waals surface area contributed by atoms with Gasteiger partial charge >= 0.3 is 12.2 Å². The highest BCUT2D eigenvalue weighted by Crippen LogP contribution is 2.19. The van der Waals surface area contributed by atoms with Gasteiger partial charge in [-0.2, -0.15) is 0 Å². The molecule has 0 radical (unpaired) electrons. The molecule has 14 heteroatoms. The fourth-order valence-electron chi connectivity index (χ4n) is 5.12. The molecule has 2 aliphatic rings. The molecule has 272 valence electrons. The zero-order chi connectivity index (χ0) is 36.7. The number of nitrogens with one attached hydrogen (secondary N) is 2. The Hall–Kier alpha value is -5.95. The van der Waals surface area contributed by atoms with Crippen molar-refractivity contribution >= 4 is 47.2 Å². The van der Waals surface area contributed by atoms with Gasteiger partial charge in [-0.25, -0.2) is 19.6 Å². The molecule has 0 saturated heterocycles. The molecule has 0 bridgehead atoms. The summed E-state index contributed by atoms with van der Waals surface area (Å²) < 4.78 is 25.8. The van der Waals surface area contributed by atoms with Crippen LogP contribution in [0.2, 0.25) is 5.02 Å². The molecule has 0 aliphatic carbocycles. The van der Waals surface area contributed by atoms with Crippen LogP contribution >= 0.6 is 11.6 Å². The second-order valence-corrected chi connectivity index (χ2v) is 12.3. The van der Waals surface area contributed by atoms with Gasteiger partial charge < -0.3 is 35.2 Å². The van der Waals surface area contributed by atoms with E-state index >= 15 is 0 Å². The van der Waals surface area contributed by atoms with Gasteiger partial charge in [-0.15, -0.1) is 0 Å². The summed E-state index contributed by atoms with van der Waals surface area (Å²) in [5.74, 6) is 1.14. The number of aliphatic imine (C=N–C) groups is 2. The van der Waals surface area contributed by atoms with Crippen LogP contribution in [0.4, 0.5) is 21.0 Å². The summed E-state index contributed by atoms with van der Waals surface area (Å²) in [5, 5.41) is 6.05. The molecule has 6 N–H and O–H groups in total. The van der Waals surface area contributed by atoms with Gasteiger partial charge in [-0.05, 0) is 103 Å². The first-order valence-corrected chi connectivity index (χ1v) is 17.0. The maximum Gasteiger partial charge on any atom is 0.417 e. The quantitative estimate of drug-likeness (QED) is 0.124.